The summed E-state index contributed by atoms with van der Waals surface area (Å²) in [6, 6.07) is 0. The van der Waals surface area contributed by atoms with E-state index in [0.29, 0.717) is 5.69 Å². The van der Waals surface area contributed by atoms with E-state index in [9.17, 15) is 4.79 Å². The molecule has 0 aromatic carbocycles. The van der Waals surface area contributed by atoms with Gasteiger partial charge < -0.3 is 4.90 Å². The third-order valence-electron chi connectivity index (χ3n) is 2.56. The van der Waals surface area contributed by atoms with Crippen molar-refractivity contribution in [2.24, 2.45) is 0 Å². The van der Waals surface area contributed by atoms with Crippen LogP contribution in [-0.2, 0) is 0 Å². The number of hydrogen-bond acceptors (Lipinski definition) is 3. The summed E-state index contributed by atoms with van der Waals surface area (Å²) in [7, 11) is 0. The summed E-state index contributed by atoms with van der Waals surface area (Å²) in [4.78, 5) is 13.5. The summed E-state index contributed by atoms with van der Waals surface area (Å²) in [5.41, 5.74) is 0.378. The van der Waals surface area contributed by atoms with Crippen LogP contribution in [0.5, 0.6) is 0 Å². The van der Waals surface area contributed by atoms with Gasteiger partial charge in [0.2, 0.25) is 0 Å². The molecule has 1 amide bonds. The van der Waals surface area contributed by atoms with Crippen LogP contribution < -0.4 is 0 Å². The average Bonchev–Trinajstić information content (AvgIpc) is 2.54. The Morgan fingerprint density at radius 1 is 1.69 bits per heavy atom. The van der Waals surface area contributed by atoms with Gasteiger partial charge >= 0.3 is 0 Å². The zero-order valence-electron chi connectivity index (χ0n) is 7.74. The van der Waals surface area contributed by atoms with Gasteiger partial charge in [0.25, 0.3) is 5.91 Å². The van der Waals surface area contributed by atoms with Crippen molar-refractivity contribution in [2.75, 3.05) is 6.54 Å². The maximum Gasteiger partial charge on any atom is 0.276 e. The normalized spacial score (nSPS) is 19.7. The number of carbonyl (C=O) groups excluding carboxylic acids is 1. The van der Waals surface area contributed by atoms with E-state index in [2.05, 4.69) is 29.3 Å². The van der Waals surface area contributed by atoms with Crippen molar-refractivity contribution in [3.05, 3.63) is 11.9 Å². The highest BCUT2D eigenvalue weighted by Crippen LogP contribution is 2.30. The second-order valence-electron chi connectivity index (χ2n) is 3.87. The molecule has 0 aliphatic carbocycles. The van der Waals surface area contributed by atoms with Crippen molar-refractivity contribution in [3.63, 3.8) is 0 Å². The van der Waals surface area contributed by atoms with Crippen LogP contribution in [-0.4, -0.2) is 38.3 Å². The Labute approximate surface area is 76.1 Å². The predicted molar refractivity (Wildman–Crippen MR) is 46.1 cm³/mol. The topological polar surface area (TPSA) is 61.9 Å². The minimum absolute atomic E-state index is 0.0178. The molecular weight excluding hydrogens is 168 g/mol. The average molecular weight is 180 g/mol. The number of H-pyrrole nitrogens is 1. The number of hydrogen-bond donors (Lipinski definition) is 1. The second kappa shape index (κ2) is 2.55. The molecule has 1 aromatic rings. The third kappa shape index (κ3) is 1.20. The third-order valence-corrected chi connectivity index (χ3v) is 2.56. The Bertz CT molecular complexity index is 317. The summed E-state index contributed by atoms with van der Waals surface area (Å²) in [6.45, 7) is 4.92. The quantitative estimate of drug-likeness (QED) is 0.681. The van der Waals surface area contributed by atoms with Crippen LogP contribution in [0.15, 0.2) is 6.20 Å². The molecule has 2 rings (SSSR count). The van der Waals surface area contributed by atoms with Crippen molar-refractivity contribution in [2.45, 2.75) is 25.8 Å². The molecule has 1 aromatic heterocycles. The molecule has 5 heteroatoms. The molecule has 2 heterocycles. The Balaban J connectivity index is 2.15. The summed E-state index contributed by atoms with van der Waals surface area (Å²) < 4.78 is 0. The fourth-order valence-corrected chi connectivity index (χ4v) is 1.49. The molecule has 1 aliphatic heterocycles. The largest absolute Gasteiger partial charge is 0.332 e. The number of carbonyl (C=O) groups is 1. The van der Waals surface area contributed by atoms with Crippen LogP contribution in [0.3, 0.4) is 0 Å². The molecule has 1 N–H and O–H groups in total. The second-order valence-corrected chi connectivity index (χ2v) is 3.87. The lowest BCUT2D eigenvalue weighted by molar-refractivity contribution is 0.0152. The monoisotopic (exact) mass is 180 g/mol. The van der Waals surface area contributed by atoms with Crippen LogP contribution in [0, 0.1) is 0 Å². The van der Waals surface area contributed by atoms with Gasteiger partial charge in [0.1, 0.15) is 0 Å². The van der Waals surface area contributed by atoms with E-state index >= 15 is 0 Å². The van der Waals surface area contributed by atoms with Crippen LogP contribution in [0.2, 0.25) is 0 Å². The molecule has 0 saturated carbocycles. The number of nitrogens with one attached hydrogen (secondary N) is 1. The number of rotatable bonds is 1. The maximum atomic E-state index is 11.7. The zero-order valence-corrected chi connectivity index (χ0v) is 7.74. The van der Waals surface area contributed by atoms with E-state index in [1.165, 1.54) is 6.20 Å². The molecule has 0 radical (unpaired) electrons. The number of likely N-dealkylation sites (tertiary alicyclic amines) is 1. The molecule has 13 heavy (non-hydrogen) atoms. The lowest BCUT2D eigenvalue weighted by atomic mass is 9.88. The van der Waals surface area contributed by atoms with Crippen molar-refractivity contribution in [3.8, 4) is 0 Å². The van der Waals surface area contributed by atoms with Gasteiger partial charge in [0.05, 0.1) is 6.20 Å². The van der Waals surface area contributed by atoms with Crippen molar-refractivity contribution >= 4 is 5.91 Å². The van der Waals surface area contributed by atoms with Gasteiger partial charge in [0, 0.05) is 12.1 Å². The Morgan fingerprint density at radius 3 is 2.85 bits per heavy atom. The van der Waals surface area contributed by atoms with E-state index in [4.69, 9.17) is 0 Å². The van der Waals surface area contributed by atoms with Gasteiger partial charge in [-0.15, -0.1) is 0 Å². The molecular formula is C8H12N4O. The lowest BCUT2D eigenvalue weighted by Gasteiger charge is -2.48. The van der Waals surface area contributed by atoms with Crippen LogP contribution >= 0.6 is 0 Å². The smallest absolute Gasteiger partial charge is 0.276 e. The van der Waals surface area contributed by atoms with E-state index < -0.39 is 0 Å². The molecule has 70 valence electrons. The first-order valence-electron chi connectivity index (χ1n) is 4.29. The van der Waals surface area contributed by atoms with Crippen molar-refractivity contribution in [1.29, 1.82) is 0 Å². The summed E-state index contributed by atoms with van der Waals surface area (Å²) in [5.74, 6) is -0.0370. The fraction of sp³-hybridized carbons (Fsp3) is 0.625. The number of aromatic nitrogens is 3. The van der Waals surface area contributed by atoms with Gasteiger partial charge in [0.15, 0.2) is 5.69 Å². The Kier molecular flexibility index (Phi) is 1.61. The highest BCUT2D eigenvalue weighted by atomic mass is 16.2. The van der Waals surface area contributed by atoms with Crippen molar-refractivity contribution in [1.82, 2.24) is 20.3 Å². The number of nitrogens with zero attached hydrogens (tertiary/aromatic N) is 3. The molecule has 0 spiro atoms. The van der Waals surface area contributed by atoms with E-state index in [1.807, 2.05) is 4.90 Å². The van der Waals surface area contributed by atoms with Gasteiger partial charge in [-0.25, -0.2) is 0 Å². The van der Waals surface area contributed by atoms with Gasteiger partial charge in [-0.1, -0.05) is 0 Å². The van der Waals surface area contributed by atoms with Crippen molar-refractivity contribution < 1.29 is 4.79 Å². The molecule has 1 fully saturated rings. The molecule has 1 saturated heterocycles. The molecule has 5 nitrogen and oxygen atoms in total. The van der Waals surface area contributed by atoms with Gasteiger partial charge in [-0.2, -0.15) is 15.4 Å². The molecule has 0 bridgehead atoms. The zero-order chi connectivity index (χ0) is 9.47. The number of amides is 1. The summed E-state index contributed by atoms with van der Waals surface area (Å²) >= 11 is 0. The van der Waals surface area contributed by atoms with Gasteiger partial charge in [-0.05, 0) is 20.3 Å². The number of aromatic amines is 1. The Hall–Kier alpha value is -1.39. The van der Waals surface area contributed by atoms with Crippen LogP contribution in [0.1, 0.15) is 30.8 Å². The highest BCUT2D eigenvalue weighted by molar-refractivity contribution is 5.93. The standard InChI is InChI=1S/C8H12N4O/c1-8(2)3-4-12(8)7(13)6-5-9-11-10-6/h5H,3-4H2,1-2H3,(H,9,10,11). The first-order chi connectivity index (χ1) is 6.11. The maximum absolute atomic E-state index is 11.7. The van der Waals surface area contributed by atoms with E-state index in [1.54, 1.807) is 0 Å². The summed E-state index contributed by atoms with van der Waals surface area (Å²) in [6.07, 6.45) is 2.51. The molecule has 0 atom stereocenters. The summed E-state index contributed by atoms with van der Waals surface area (Å²) in [5, 5.41) is 9.80. The first-order valence-corrected chi connectivity index (χ1v) is 4.29. The minimum atomic E-state index is -0.0370. The molecule has 1 aliphatic rings. The Morgan fingerprint density at radius 2 is 2.46 bits per heavy atom. The molecule has 0 unspecified atom stereocenters. The fourth-order valence-electron chi connectivity index (χ4n) is 1.49. The van der Waals surface area contributed by atoms with Crippen LogP contribution in [0.4, 0.5) is 0 Å². The van der Waals surface area contributed by atoms with E-state index in [-0.39, 0.29) is 11.4 Å². The van der Waals surface area contributed by atoms with Gasteiger partial charge in [-0.3, -0.25) is 4.79 Å². The first kappa shape index (κ1) is 8.22. The minimum Gasteiger partial charge on any atom is -0.332 e. The van der Waals surface area contributed by atoms with Crippen LogP contribution in [0.25, 0.3) is 0 Å². The predicted octanol–water partition coefficient (Wildman–Crippen LogP) is 0.429. The highest BCUT2D eigenvalue weighted by Gasteiger charge is 2.40. The van der Waals surface area contributed by atoms with E-state index in [0.717, 1.165) is 13.0 Å². The lowest BCUT2D eigenvalue weighted by Crippen LogP contribution is -2.58. The SMILES string of the molecule is CC1(C)CCN1C(=O)c1cn[nH]n1.